The molecule has 0 fully saturated rings. The molecule has 1 rings (SSSR count). The number of nitrogens with zero attached hydrogens (tertiary/aromatic N) is 1. The van der Waals surface area contributed by atoms with Crippen molar-refractivity contribution in [2.75, 3.05) is 5.32 Å². The van der Waals surface area contributed by atoms with E-state index in [4.69, 9.17) is 10.4 Å². The number of rotatable bonds is 4. The normalized spacial score (nSPS) is 11.6. The number of hydrogen-bond donors (Lipinski definition) is 3. The summed E-state index contributed by atoms with van der Waals surface area (Å²) in [5.74, 6) is -2.25. The van der Waals surface area contributed by atoms with Crippen molar-refractivity contribution in [2.24, 2.45) is 5.92 Å². The van der Waals surface area contributed by atoms with Crippen LogP contribution in [-0.2, 0) is 4.79 Å². The number of anilines is 1. The molecular weight excluding hydrogens is 265 g/mol. The highest BCUT2D eigenvalue weighted by Gasteiger charge is 2.23. The van der Waals surface area contributed by atoms with Crippen LogP contribution in [0.25, 0.3) is 0 Å². The minimum atomic E-state index is -1.17. The topological polar surface area (TPSA) is 102 Å². The van der Waals surface area contributed by atoms with Gasteiger partial charge in [0.15, 0.2) is 0 Å². The Morgan fingerprint density at radius 3 is 2.50 bits per heavy atom. The molecule has 20 heavy (non-hydrogen) atoms. The molecule has 1 atom stereocenters. The number of carbonyl (C=O) groups excluding carboxylic acids is 1. The van der Waals surface area contributed by atoms with Crippen LogP contribution in [0.1, 0.15) is 19.4 Å². The molecule has 0 radical (unpaired) electrons. The van der Waals surface area contributed by atoms with Crippen LogP contribution in [0.4, 0.5) is 14.9 Å². The first-order valence-corrected chi connectivity index (χ1v) is 5.85. The monoisotopic (exact) mass is 279 g/mol. The van der Waals surface area contributed by atoms with Gasteiger partial charge in [0, 0.05) is 0 Å². The maximum atomic E-state index is 13.5. The van der Waals surface area contributed by atoms with Gasteiger partial charge in [0.2, 0.25) is 0 Å². The molecule has 6 nitrogen and oxygen atoms in total. The van der Waals surface area contributed by atoms with Crippen LogP contribution in [0, 0.1) is 23.1 Å². The van der Waals surface area contributed by atoms with E-state index in [2.05, 4.69) is 10.6 Å². The van der Waals surface area contributed by atoms with Gasteiger partial charge < -0.3 is 15.7 Å². The third-order valence-corrected chi connectivity index (χ3v) is 2.57. The Bertz CT molecular complexity index is 566. The summed E-state index contributed by atoms with van der Waals surface area (Å²) in [6.07, 6.45) is 0. The van der Waals surface area contributed by atoms with Crippen molar-refractivity contribution in [1.82, 2.24) is 5.32 Å². The Balaban J connectivity index is 2.76. The average molecular weight is 279 g/mol. The zero-order valence-corrected chi connectivity index (χ0v) is 11.0. The Hall–Kier alpha value is -2.62. The van der Waals surface area contributed by atoms with Crippen LogP contribution >= 0.6 is 0 Å². The molecule has 0 saturated carbocycles. The lowest BCUT2D eigenvalue weighted by Crippen LogP contribution is -2.46. The number of hydrogen-bond acceptors (Lipinski definition) is 3. The number of halogens is 1. The molecule has 1 aromatic rings. The fourth-order valence-electron chi connectivity index (χ4n) is 1.50. The predicted octanol–water partition coefficient (Wildman–Crippen LogP) is 1.93. The molecule has 1 unspecified atom stereocenters. The lowest BCUT2D eigenvalue weighted by molar-refractivity contribution is -0.140. The number of amides is 2. The molecule has 0 aliphatic rings. The van der Waals surface area contributed by atoms with Gasteiger partial charge in [-0.1, -0.05) is 13.8 Å². The van der Waals surface area contributed by atoms with Gasteiger partial charge in [-0.15, -0.1) is 0 Å². The summed E-state index contributed by atoms with van der Waals surface area (Å²) in [5, 5.41) is 22.0. The molecule has 0 spiro atoms. The van der Waals surface area contributed by atoms with Crippen molar-refractivity contribution in [3.8, 4) is 6.07 Å². The van der Waals surface area contributed by atoms with Crippen molar-refractivity contribution in [2.45, 2.75) is 19.9 Å². The first-order valence-electron chi connectivity index (χ1n) is 5.85. The molecule has 0 bridgehead atoms. The second kappa shape index (κ2) is 6.52. The molecule has 7 heteroatoms. The van der Waals surface area contributed by atoms with E-state index in [1.807, 2.05) is 0 Å². The summed E-state index contributed by atoms with van der Waals surface area (Å²) in [7, 11) is 0. The van der Waals surface area contributed by atoms with E-state index in [1.165, 1.54) is 12.1 Å². The quantitative estimate of drug-likeness (QED) is 0.783. The lowest BCUT2D eigenvalue weighted by atomic mass is 10.1. The molecule has 0 aliphatic heterocycles. The highest BCUT2D eigenvalue weighted by molar-refractivity contribution is 5.92. The van der Waals surface area contributed by atoms with Gasteiger partial charge in [0.05, 0.1) is 17.3 Å². The van der Waals surface area contributed by atoms with E-state index in [1.54, 1.807) is 19.9 Å². The fraction of sp³-hybridized carbons (Fsp3) is 0.308. The van der Waals surface area contributed by atoms with Crippen LogP contribution in [-0.4, -0.2) is 23.1 Å². The minimum absolute atomic E-state index is 0.124. The van der Waals surface area contributed by atoms with Gasteiger partial charge in [0.1, 0.15) is 11.9 Å². The van der Waals surface area contributed by atoms with E-state index in [-0.39, 0.29) is 17.2 Å². The van der Waals surface area contributed by atoms with Crippen molar-refractivity contribution in [1.29, 1.82) is 5.26 Å². The number of carbonyl (C=O) groups is 2. The first kappa shape index (κ1) is 15.4. The van der Waals surface area contributed by atoms with Gasteiger partial charge in [-0.3, -0.25) is 0 Å². The van der Waals surface area contributed by atoms with E-state index >= 15 is 0 Å². The summed E-state index contributed by atoms with van der Waals surface area (Å²) in [6.45, 7) is 3.28. The number of urea groups is 1. The van der Waals surface area contributed by atoms with Gasteiger partial charge in [-0.25, -0.2) is 14.0 Å². The van der Waals surface area contributed by atoms with Crippen molar-refractivity contribution >= 4 is 17.7 Å². The maximum absolute atomic E-state index is 13.5. The van der Waals surface area contributed by atoms with E-state index in [9.17, 15) is 14.0 Å². The highest BCUT2D eigenvalue weighted by atomic mass is 19.1. The zero-order chi connectivity index (χ0) is 15.3. The molecule has 106 valence electrons. The zero-order valence-electron chi connectivity index (χ0n) is 11.0. The summed E-state index contributed by atoms with van der Waals surface area (Å²) in [5.41, 5.74) is -0.00607. The standard InChI is InChI=1S/C13H14FN3O3/c1-7(2)11(12(18)19)17-13(20)16-10-4-3-8(6-15)5-9(10)14/h3-5,7,11H,1-2H3,(H,18,19)(H2,16,17,20). The molecule has 0 aromatic heterocycles. The molecule has 0 saturated heterocycles. The molecule has 3 N–H and O–H groups in total. The van der Waals surface area contributed by atoms with Gasteiger partial charge in [0.25, 0.3) is 0 Å². The molecule has 0 aliphatic carbocycles. The number of aliphatic carboxylic acids is 1. The third kappa shape index (κ3) is 3.95. The fourth-order valence-corrected chi connectivity index (χ4v) is 1.50. The number of benzene rings is 1. The maximum Gasteiger partial charge on any atom is 0.326 e. The molecule has 1 aromatic carbocycles. The Morgan fingerprint density at radius 1 is 1.40 bits per heavy atom. The van der Waals surface area contributed by atoms with Crippen molar-refractivity contribution in [3.63, 3.8) is 0 Å². The summed E-state index contributed by atoms with van der Waals surface area (Å²) < 4.78 is 13.5. The average Bonchev–Trinajstić information content (AvgIpc) is 2.37. The number of nitrogens with one attached hydrogen (secondary N) is 2. The first-order chi connectivity index (χ1) is 9.35. The molecule has 0 heterocycles. The Kier molecular flexibility index (Phi) is 5.03. The van der Waals surface area contributed by atoms with Crippen LogP contribution in [0.2, 0.25) is 0 Å². The van der Waals surface area contributed by atoms with Crippen LogP contribution in [0.3, 0.4) is 0 Å². The van der Waals surface area contributed by atoms with Crippen LogP contribution in [0.15, 0.2) is 18.2 Å². The number of nitriles is 1. The van der Waals surface area contributed by atoms with Gasteiger partial charge in [-0.05, 0) is 24.1 Å². The smallest absolute Gasteiger partial charge is 0.326 e. The third-order valence-electron chi connectivity index (χ3n) is 2.57. The highest BCUT2D eigenvalue weighted by Crippen LogP contribution is 2.15. The van der Waals surface area contributed by atoms with Crippen molar-refractivity contribution < 1.29 is 19.1 Å². The van der Waals surface area contributed by atoms with Gasteiger partial charge >= 0.3 is 12.0 Å². The van der Waals surface area contributed by atoms with Crippen LogP contribution < -0.4 is 10.6 Å². The minimum Gasteiger partial charge on any atom is -0.480 e. The van der Waals surface area contributed by atoms with E-state index < -0.39 is 23.9 Å². The summed E-state index contributed by atoms with van der Waals surface area (Å²) in [6, 6.07) is 3.42. The van der Waals surface area contributed by atoms with E-state index in [0.29, 0.717) is 0 Å². The summed E-state index contributed by atoms with van der Waals surface area (Å²) >= 11 is 0. The van der Waals surface area contributed by atoms with Crippen LogP contribution in [0.5, 0.6) is 0 Å². The summed E-state index contributed by atoms with van der Waals surface area (Å²) in [4.78, 5) is 22.5. The second-order valence-corrected chi connectivity index (χ2v) is 4.46. The second-order valence-electron chi connectivity index (χ2n) is 4.46. The SMILES string of the molecule is CC(C)C(NC(=O)Nc1ccc(C#N)cc1F)C(=O)O. The Labute approximate surface area is 115 Å². The van der Waals surface area contributed by atoms with Gasteiger partial charge in [-0.2, -0.15) is 5.26 Å². The number of carboxylic acids is 1. The largest absolute Gasteiger partial charge is 0.480 e. The number of carboxylic acid groups (broad SMARTS) is 1. The lowest BCUT2D eigenvalue weighted by Gasteiger charge is -2.18. The Morgan fingerprint density at radius 2 is 2.05 bits per heavy atom. The predicted molar refractivity (Wildman–Crippen MR) is 69.5 cm³/mol. The van der Waals surface area contributed by atoms with E-state index in [0.717, 1.165) is 6.07 Å². The molecule has 2 amide bonds. The molecular formula is C13H14FN3O3. The van der Waals surface area contributed by atoms with Crippen molar-refractivity contribution in [3.05, 3.63) is 29.6 Å².